The predicted octanol–water partition coefficient (Wildman–Crippen LogP) is 1.89. The average Bonchev–Trinajstić information content (AvgIpc) is 3.51. The highest BCUT2D eigenvalue weighted by molar-refractivity contribution is 5.93. The summed E-state index contributed by atoms with van der Waals surface area (Å²) in [6.45, 7) is 3.25. The highest BCUT2D eigenvalue weighted by atomic mass is 16.2. The largest absolute Gasteiger partial charge is 0.370 e. The molecule has 11 N–H and O–H groups in total. The number of amides is 3. The predicted molar refractivity (Wildman–Crippen MR) is 193 cm³/mol. The number of para-hydroxylation sites is 1. The van der Waals surface area contributed by atoms with Crippen LogP contribution in [-0.4, -0.2) is 72.2 Å². The van der Waals surface area contributed by atoms with E-state index in [0.717, 1.165) is 34.9 Å². The van der Waals surface area contributed by atoms with Crippen LogP contribution in [0, 0.1) is 0 Å². The minimum Gasteiger partial charge on any atom is -0.370 e. The van der Waals surface area contributed by atoms with Crippen molar-refractivity contribution in [1.29, 1.82) is 0 Å². The molecular weight excluding hydrogens is 622 g/mol. The molecule has 13 nitrogen and oxygen atoms in total. The Morgan fingerprint density at radius 1 is 0.816 bits per heavy atom. The number of fused-ring (bicyclic) bond motifs is 1. The summed E-state index contributed by atoms with van der Waals surface area (Å²) in [5, 5.41) is 12.9. The Morgan fingerprint density at radius 3 is 2.12 bits per heavy atom. The first kappa shape index (κ1) is 38.7. The standard InChI is InChI=1S/C36H53N9O4/c1-2-3-15-30(41-22-25-12-5-4-6-13-25)33(47)44-31(17-9-10-19-37)35(49)45-32(18-11-20-40-36(38)39)34(48)43-27(24-46)21-26-23-42-29-16-8-7-14-28(26)29/h4-8,12-14,16,23-24,27,30-32,41-42H,2-3,9-11,15,17-22,37H2,1H3,(H,43,48)(H,44,47)(H,45,49)(H4,38,39,40)/t27-,30-,31-,32-/m0/s1. The molecule has 2 aromatic carbocycles. The number of nitrogens with one attached hydrogen (secondary N) is 5. The maximum atomic E-state index is 13.8. The number of aldehydes is 1. The summed E-state index contributed by atoms with van der Waals surface area (Å²) in [6.07, 6.45) is 7.32. The number of nitrogens with two attached hydrogens (primary N) is 3. The summed E-state index contributed by atoms with van der Waals surface area (Å²) in [5.41, 5.74) is 19.5. The number of hydrogen-bond acceptors (Lipinski definition) is 7. The van der Waals surface area contributed by atoms with Gasteiger partial charge in [0.1, 0.15) is 18.4 Å². The third-order valence-corrected chi connectivity index (χ3v) is 8.32. The molecule has 49 heavy (non-hydrogen) atoms. The number of nitrogens with zero attached hydrogens (tertiary/aromatic N) is 1. The number of aromatic amines is 1. The van der Waals surface area contributed by atoms with Crippen molar-refractivity contribution in [2.24, 2.45) is 22.2 Å². The number of benzene rings is 2. The van der Waals surface area contributed by atoms with Gasteiger partial charge in [0.15, 0.2) is 5.96 Å². The lowest BCUT2D eigenvalue weighted by atomic mass is 10.0. The van der Waals surface area contributed by atoms with Gasteiger partial charge in [-0.3, -0.25) is 19.4 Å². The number of unbranched alkanes of at least 4 members (excludes halogenated alkanes) is 2. The Hall–Kier alpha value is -4.75. The molecular formula is C36H53N9O4. The quantitative estimate of drug-likeness (QED) is 0.0320. The topological polar surface area (TPSA) is 223 Å². The maximum Gasteiger partial charge on any atom is 0.243 e. The van der Waals surface area contributed by atoms with E-state index in [0.29, 0.717) is 51.5 Å². The molecule has 3 rings (SSSR count). The first-order valence-electron chi connectivity index (χ1n) is 17.2. The van der Waals surface area contributed by atoms with E-state index in [4.69, 9.17) is 17.2 Å². The van der Waals surface area contributed by atoms with Crippen molar-refractivity contribution in [3.8, 4) is 0 Å². The number of carbonyl (C=O) groups excluding carboxylic acids is 4. The summed E-state index contributed by atoms with van der Waals surface area (Å²) < 4.78 is 0. The van der Waals surface area contributed by atoms with E-state index in [2.05, 4.69) is 38.2 Å². The van der Waals surface area contributed by atoms with E-state index in [1.165, 1.54) is 0 Å². The number of aromatic nitrogens is 1. The van der Waals surface area contributed by atoms with E-state index in [1.54, 1.807) is 0 Å². The molecule has 3 amide bonds. The number of aliphatic imine (C=N–C) groups is 1. The Labute approximate surface area is 288 Å². The molecule has 0 aliphatic rings. The molecule has 0 unspecified atom stereocenters. The summed E-state index contributed by atoms with van der Waals surface area (Å²) in [6, 6.07) is 14.2. The van der Waals surface area contributed by atoms with Gasteiger partial charge in [-0.1, -0.05) is 68.3 Å². The number of rotatable bonds is 23. The fourth-order valence-electron chi connectivity index (χ4n) is 5.60. The summed E-state index contributed by atoms with van der Waals surface area (Å²) >= 11 is 0. The second-order valence-electron chi connectivity index (χ2n) is 12.2. The molecule has 0 aliphatic heterocycles. The highest BCUT2D eigenvalue weighted by Gasteiger charge is 2.29. The molecule has 266 valence electrons. The number of guanidine groups is 1. The molecule has 1 aromatic heterocycles. The Balaban J connectivity index is 1.74. The van der Waals surface area contributed by atoms with Crippen LogP contribution in [0.3, 0.4) is 0 Å². The van der Waals surface area contributed by atoms with Gasteiger partial charge < -0.3 is 48.2 Å². The number of H-pyrrole nitrogens is 1. The first-order chi connectivity index (χ1) is 23.7. The maximum absolute atomic E-state index is 13.8. The normalized spacial score (nSPS) is 13.5. The van der Waals surface area contributed by atoms with Crippen LogP contribution in [0.1, 0.15) is 69.4 Å². The molecule has 0 saturated heterocycles. The number of carbonyl (C=O) groups is 4. The molecule has 0 radical (unpaired) electrons. The lowest BCUT2D eigenvalue weighted by molar-refractivity contribution is -0.133. The average molecular weight is 676 g/mol. The van der Waals surface area contributed by atoms with Crippen molar-refractivity contribution in [2.75, 3.05) is 13.1 Å². The van der Waals surface area contributed by atoms with Crippen LogP contribution < -0.4 is 38.5 Å². The van der Waals surface area contributed by atoms with E-state index in [9.17, 15) is 19.2 Å². The molecule has 1 heterocycles. The van der Waals surface area contributed by atoms with Crippen molar-refractivity contribution in [1.82, 2.24) is 26.3 Å². The van der Waals surface area contributed by atoms with Gasteiger partial charge in [0, 0.05) is 36.6 Å². The number of hydrogen-bond donors (Lipinski definition) is 8. The zero-order valence-corrected chi connectivity index (χ0v) is 28.5. The fraction of sp³-hybridized carbons (Fsp3) is 0.472. The van der Waals surface area contributed by atoms with Crippen LogP contribution in [0.5, 0.6) is 0 Å². The van der Waals surface area contributed by atoms with E-state index in [-0.39, 0.29) is 31.3 Å². The molecule has 13 heteroatoms. The molecule has 0 fully saturated rings. The van der Waals surface area contributed by atoms with Crippen LogP contribution in [0.15, 0.2) is 65.8 Å². The van der Waals surface area contributed by atoms with Crippen molar-refractivity contribution < 1.29 is 19.2 Å². The highest BCUT2D eigenvalue weighted by Crippen LogP contribution is 2.19. The van der Waals surface area contributed by atoms with Gasteiger partial charge in [-0.05, 0) is 62.3 Å². The molecule has 4 atom stereocenters. The van der Waals surface area contributed by atoms with Crippen LogP contribution in [0.2, 0.25) is 0 Å². The summed E-state index contributed by atoms with van der Waals surface area (Å²) in [7, 11) is 0. The van der Waals surface area contributed by atoms with Gasteiger partial charge in [-0.15, -0.1) is 0 Å². The zero-order valence-electron chi connectivity index (χ0n) is 28.5. The first-order valence-corrected chi connectivity index (χ1v) is 17.2. The van der Waals surface area contributed by atoms with Gasteiger partial charge in [-0.2, -0.15) is 0 Å². The van der Waals surface area contributed by atoms with Gasteiger partial charge in [0.2, 0.25) is 17.7 Å². The smallest absolute Gasteiger partial charge is 0.243 e. The summed E-state index contributed by atoms with van der Waals surface area (Å²) in [4.78, 5) is 60.3. The minimum absolute atomic E-state index is 0.0778. The monoisotopic (exact) mass is 675 g/mol. The van der Waals surface area contributed by atoms with Gasteiger partial charge >= 0.3 is 0 Å². The second kappa shape index (κ2) is 21.3. The van der Waals surface area contributed by atoms with Crippen LogP contribution in [-0.2, 0) is 32.1 Å². The van der Waals surface area contributed by atoms with E-state index in [1.807, 2.05) is 60.8 Å². The van der Waals surface area contributed by atoms with E-state index >= 15 is 0 Å². The van der Waals surface area contributed by atoms with Crippen LogP contribution >= 0.6 is 0 Å². The molecule has 0 saturated carbocycles. The lowest BCUT2D eigenvalue weighted by Gasteiger charge is -2.26. The minimum atomic E-state index is -1.01. The molecule has 0 bridgehead atoms. The fourth-order valence-corrected chi connectivity index (χ4v) is 5.60. The van der Waals surface area contributed by atoms with Crippen molar-refractivity contribution in [3.63, 3.8) is 0 Å². The Bertz CT molecular complexity index is 1490. The molecule has 3 aromatic rings. The van der Waals surface area contributed by atoms with Gasteiger partial charge in [0.25, 0.3) is 0 Å². The SMILES string of the molecule is CCCC[C@H](NCc1ccccc1)C(=O)N[C@@H](CCCCN)C(=O)N[C@@H](CCCN=C(N)N)C(=O)N[C@H](C=O)Cc1c[nH]c2ccccc12. The van der Waals surface area contributed by atoms with Gasteiger partial charge in [-0.25, -0.2) is 0 Å². The molecule has 0 spiro atoms. The third kappa shape index (κ3) is 13.3. The Morgan fingerprint density at radius 2 is 1.45 bits per heavy atom. The van der Waals surface area contributed by atoms with Crippen molar-refractivity contribution in [3.05, 3.63) is 71.9 Å². The molecule has 0 aliphatic carbocycles. The van der Waals surface area contributed by atoms with E-state index < -0.39 is 36.0 Å². The Kier molecular flexibility index (Phi) is 16.8. The van der Waals surface area contributed by atoms with Gasteiger partial charge in [0.05, 0.1) is 12.1 Å². The third-order valence-electron chi connectivity index (χ3n) is 8.32. The second-order valence-corrected chi connectivity index (χ2v) is 12.2. The van der Waals surface area contributed by atoms with Crippen molar-refractivity contribution in [2.45, 2.75) is 95.4 Å². The zero-order chi connectivity index (χ0) is 35.4. The summed E-state index contributed by atoms with van der Waals surface area (Å²) in [5.74, 6) is -1.38. The van der Waals surface area contributed by atoms with Crippen LogP contribution in [0.25, 0.3) is 10.9 Å². The van der Waals surface area contributed by atoms with Crippen molar-refractivity contribution >= 4 is 40.9 Å². The van der Waals surface area contributed by atoms with Crippen LogP contribution in [0.4, 0.5) is 0 Å². The lowest BCUT2D eigenvalue weighted by Crippen LogP contribution is -2.57.